The molecule has 10 heteroatoms. The van der Waals surface area contributed by atoms with Gasteiger partial charge in [-0.2, -0.15) is 0 Å². The Morgan fingerprint density at radius 1 is 0.860 bits per heavy atom. The van der Waals surface area contributed by atoms with Gasteiger partial charge in [0.05, 0.1) is 16.8 Å². The van der Waals surface area contributed by atoms with Crippen LogP contribution in [0.3, 0.4) is 0 Å². The van der Waals surface area contributed by atoms with Crippen LogP contribution in [0.5, 0.6) is 10.9 Å². The summed E-state index contributed by atoms with van der Waals surface area (Å²) < 4.78 is 12.7. The van der Waals surface area contributed by atoms with Crippen LogP contribution in [-0.2, 0) is 10.4 Å². The van der Waals surface area contributed by atoms with Crippen molar-refractivity contribution in [2.75, 3.05) is 12.3 Å². The van der Waals surface area contributed by atoms with E-state index in [9.17, 15) is 0 Å². The van der Waals surface area contributed by atoms with Gasteiger partial charge < -0.3 is 20.0 Å². The van der Waals surface area contributed by atoms with Gasteiger partial charge in [-0.1, -0.05) is 107 Å². The van der Waals surface area contributed by atoms with Crippen LogP contribution >= 0.6 is 34.9 Å². The number of fused-ring (bicyclic) bond motifs is 1. The third-order valence-corrected chi connectivity index (χ3v) is 8.45. The molecular formula is C33H26N4O3S3. The highest BCUT2D eigenvalue weighted by Crippen LogP contribution is 2.41. The molecule has 0 saturated heterocycles. The molecule has 6 aromatic rings. The fourth-order valence-electron chi connectivity index (χ4n) is 4.69. The third kappa shape index (κ3) is 5.98. The molecule has 0 radical (unpaired) electrons. The molecule has 0 aliphatic rings. The maximum absolute atomic E-state index is 6.68. The van der Waals surface area contributed by atoms with Crippen LogP contribution in [-0.4, -0.2) is 27.3 Å². The van der Waals surface area contributed by atoms with Gasteiger partial charge in [0.15, 0.2) is 10.8 Å². The van der Waals surface area contributed by atoms with E-state index in [1.807, 2.05) is 116 Å². The summed E-state index contributed by atoms with van der Waals surface area (Å²) in [6, 6.07) is 35.5. The number of nitrogens with zero attached hydrogens (tertiary/aromatic N) is 3. The summed E-state index contributed by atoms with van der Waals surface area (Å²) in [6.07, 6.45) is 0. The summed E-state index contributed by atoms with van der Waals surface area (Å²) in [7, 11) is 0. The predicted molar refractivity (Wildman–Crippen MR) is 177 cm³/mol. The van der Waals surface area contributed by atoms with Gasteiger partial charge in [0, 0.05) is 22.1 Å². The molecule has 6 rings (SSSR count). The molecule has 0 saturated carbocycles. The number of oxime groups is 1. The van der Waals surface area contributed by atoms with Crippen molar-refractivity contribution in [1.29, 1.82) is 0 Å². The van der Waals surface area contributed by atoms with Crippen molar-refractivity contribution in [3.05, 3.63) is 137 Å². The van der Waals surface area contributed by atoms with Crippen molar-refractivity contribution in [1.82, 2.24) is 9.97 Å². The van der Waals surface area contributed by atoms with Gasteiger partial charge in [-0.05, 0) is 37.3 Å². The van der Waals surface area contributed by atoms with Gasteiger partial charge in [0.2, 0.25) is 10.7 Å². The van der Waals surface area contributed by atoms with E-state index < -0.39 is 5.60 Å². The van der Waals surface area contributed by atoms with E-state index >= 15 is 0 Å². The van der Waals surface area contributed by atoms with Crippen molar-refractivity contribution in [2.24, 2.45) is 5.16 Å². The molecule has 0 amide bonds. The highest BCUT2D eigenvalue weighted by atomic mass is 32.1. The van der Waals surface area contributed by atoms with Gasteiger partial charge in [-0.3, -0.25) is 0 Å². The first-order chi connectivity index (χ1) is 21.1. The minimum atomic E-state index is -1.11. The zero-order chi connectivity index (χ0) is 29.6. The highest BCUT2D eigenvalue weighted by Gasteiger charge is 2.40. The van der Waals surface area contributed by atoms with Crippen molar-refractivity contribution in [3.63, 3.8) is 0 Å². The lowest BCUT2D eigenvalue weighted by molar-refractivity contribution is 0.0176. The molecule has 0 aliphatic heterocycles. The van der Waals surface area contributed by atoms with Crippen molar-refractivity contribution in [2.45, 2.75) is 12.5 Å². The zero-order valence-electron chi connectivity index (χ0n) is 23.0. The largest absolute Gasteiger partial charge is 0.494 e. The highest BCUT2D eigenvalue weighted by molar-refractivity contribution is 7.81. The normalized spacial score (nSPS) is 11.8. The van der Waals surface area contributed by atoms with E-state index in [0.717, 1.165) is 32.7 Å². The zero-order valence-corrected chi connectivity index (χ0v) is 25.5. The van der Waals surface area contributed by atoms with Gasteiger partial charge in [0.1, 0.15) is 11.4 Å². The number of nitrogens with two attached hydrogens (primary N) is 1. The van der Waals surface area contributed by atoms with Crippen LogP contribution in [0.4, 0.5) is 5.13 Å². The van der Waals surface area contributed by atoms with E-state index in [0.29, 0.717) is 22.6 Å². The Labute approximate surface area is 262 Å². The Balaban J connectivity index is 1.44. The van der Waals surface area contributed by atoms with E-state index in [1.54, 1.807) is 5.38 Å². The Kier molecular flexibility index (Phi) is 8.41. The topological polar surface area (TPSA) is 91.8 Å². The first-order valence-corrected chi connectivity index (χ1v) is 15.6. The molecule has 43 heavy (non-hydrogen) atoms. The molecule has 214 valence electrons. The molecule has 0 atom stereocenters. The fraction of sp³-hybridized carbons (Fsp3) is 0.0909. The fourth-order valence-corrected chi connectivity index (χ4v) is 6.36. The number of anilines is 1. The summed E-state index contributed by atoms with van der Waals surface area (Å²) in [5.74, 6) is 0.764. The van der Waals surface area contributed by atoms with Crippen molar-refractivity contribution >= 4 is 61.0 Å². The average molecular weight is 623 g/mol. The van der Waals surface area contributed by atoms with Gasteiger partial charge >= 0.3 is 0 Å². The van der Waals surface area contributed by atoms with Gasteiger partial charge in [0.25, 0.3) is 5.19 Å². The molecule has 2 heterocycles. The predicted octanol–water partition coefficient (Wildman–Crippen LogP) is 7.85. The maximum atomic E-state index is 6.68. The molecule has 0 aliphatic carbocycles. The standard InChI is InChI=1S/C33H26N4O3S3/c1-2-38-25-18-19-26-28(20-25)43-32(36-26)39-30(41)29(27-21-42-31(34)35-27)37-40-33(22-12-6-3-7-13-22,23-14-8-4-9-15-23)24-16-10-5-11-17-24/h3-21H,2H2,1H3,(H2,34,35). The molecule has 0 unspecified atom stereocenters. The van der Waals surface area contributed by atoms with Crippen LogP contribution in [0.1, 0.15) is 29.3 Å². The lowest BCUT2D eigenvalue weighted by Crippen LogP contribution is -2.32. The number of aromatic nitrogens is 2. The molecular weight excluding hydrogens is 597 g/mol. The van der Waals surface area contributed by atoms with E-state index in [4.69, 9.17) is 37.4 Å². The monoisotopic (exact) mass is 622 g/mol. The molecule has 0 spiro atoms. The Hall–Kier alpha value is -4.64. The Morgan fingerprint density at radius 2 is 1.47 bits per heavy atom. The Morgan fingerprint density at radius 3 is 2.00 bits per heavy atom. The molecule has 4 aromatic carbocycles. The van der Waals surface area contributed by atoms with Crippen LogP contribution < -0.4 is 15.2 Å². The quantitative estimate of drug-likeness (QED) is 0.0720. The van der Waals surface area contributed by atoms with Gasteiger partial charge in [-0.25, -0.2) is 9.97 Å². The number of ether oxygens (including phenoxy) is 2. The van der Waals surface area contributed by atoms with Crippen molar-refractivity contribution < 1.29 is 14.3 Å². The number of benzene rings is 4. The van der Waals surface area contributed by atoms with Crippen LogP contribution in [0, 0.1) is 0 Å². The summed E-state index contributed by atoms with van der Waals surface area (Å²) in [5, 5.41) is 7.26. The molecule has 2 N–H and O–H groups in total. The maximum Gasteiger partial charge on any atom is 0.280 e. The van der Waals surface area contributed by atoms with E-state index in [1.165, 1.54) is 22.7 Å². The molecule has 7 nitrogen and oxygen atoms in total. The second kappa shape index (κ2) is 12.7. The first-order valence-electron chi connectivity index (χ1n) is 13.5. The number of rotatable bonds is 10. The van der Waals surface area contributed by atoms with E-state index in [-0.39, 0.29) is 10.8 Å². The molecule has 2 aromatic heterocycles. The van der Waals surface area contributed by atoms with Crippen LogP contribution in [0.15, 0.2) is 120 Å². The van der Waals surface area contributed by atoms with Crippen LogP contribution in [0.2, 0.25) is 0 Å². The SMILES string of the molecule is CCOc1ccc2nc(OC(=S)C(=NOC(c3ccccc3)(c3ccccc3)c3ccccc3)c3csc(N)n3)sc2c1. The van der Waals surface area contributed by atoms with E-state index in [2.05, 4.69) is 9.97 Å². The number of thiocarbonyl (C=S) groups is 1. The smallest absolute Gasteiger partial charge is 0.280 e. The Bertz CT molecular complexity index is 1780. The van der Waals surface area contributed by atoms with Crippen molar-refractivity contribution in [3.8, 4) is 10.9 Å². The number of thiazole rings is 2. The molecule has 0 bridgehead atoms. The van der Waals surface area contributed by atoms with Gasteiger partial charge in [-0.15, -0.1) is 11.3 Å². The third-order valence-electron chi connectivity index (χ3n) is 6.60. The molecule has 0 fully saturated rings. The minimum Gasteiger partial charge on any atom is -0.494 e. The lowest BCUT2D eigenvalue weighted by Gasteiger charge is -2.33. The first kappa shape index (κ1) is 28.5. The summed E-state index contributed by atoms with van der Waals surface area (Å²) >= 11 is 8.43. The second-order valence-corrected chi connectivity index (χ2v) is 11.6. The average Bonchev–Trinajstić information content (AvgIpc) is 3.66. The summed E-state index contributed by atoms with van der Waals surface area (Å²) in [6.45, 7) is 2.52. The second-order valence-electron chi connectivity index (χ2n) is 9.31. The van der Waals surface area contributed by atoms with Crippen LogP contribution in [0.25, 0.3) is 10.2 Å². The number of hydrogen-bond acceptors (Lipinski definition) is 10. The number of hydrogen-bond donors (Lipinski definition) is 1. The lowest BCUT2D eigenvalue weighted by atomic mass is 9.80. The summed E-state index contributed by atoms with van der Waals surface area (Å²) in [4.78, 5) is 15.7. The number of nitrogen functional groups attached to an aromatic ring is 1. The summed E-state index contributed by atoms with van der Waals surface area (Å²) in [5.41, 5.74) is 9.00. The minimum absolute atomic E-state index is 0.0532.